The van der Waals surface area contributed by atoms with Crippen molar-refractivity contribution in [2.45, 2.75) is 18.7 Å². The van der Waals surface area contributed by atoms with E-state index in [2.05, 4.69) is 5.32 Å². The number of carbonyl (C=O) groups is 1. The minimum atomic E-state index is -3.82. The minimum absolute atomic E-state index is 0.00202. The van der Waals surface area contributed by atoms with Gasteiger partial charge < -0.3 is 5.32 Å². The Labute approximate surface area is 135 Å². The van der Waals surface area contributed by atoms with Crippen LogP contribution in [-0.2, 0) is 14.8 Å². The van der Waals surface area contributed by atoms with E-state index in [4.69, 9.17) is 5.14 Å². The number of amides is 1. The summed E-state index contributed by atoms with van der Waals surface area (Å²) in [5, 5.41) is 7.77. The highest BCUT2D eigenvalue weighted by Crippen LogP contribution is 2.19. The van der Waals surface area contributed by atoms with E-state index in [1.165, 1.54) is 12.1 Å². The Hall–Kier alpha value is -2.44. The Morgan fingerprint density at radius 1 is 1.09 bits per heavy atom. The number of aryl methyl sites for hydroxylation is 2. The number of benzene rings is 2. The van der Waals surface area contributed by atoms with Crippen molar-refractivity contribution in [2.75, 3.05) is 5.32 Å². The van der Waals surface area contributed by atoms with Gasteiger partial charge in [-0.1, -0.05) is 35.9 Å². The van der Waals surface area contributed by atoms with E-state index in [1.54, 1.807) is 25.1 Å². The first kappa shape index (κ1) is 16.9. The number of primary sulfonamides is 1. The summed E-state index contributed by atoms with van der Waals surface area (Å²) in [6, 6.07) is 12.3. The molecule has 5 nitrogen and oxygen atoms in total. The number of sulfonamides is 1. The number of carbonyl (C=O) groups excluding carboxylic acids is 1. The first-order valence-corrected chi connectivity index (χ1v) is 8.49. The van der Waals surface area contributed by atoms with Gasteiger partial charge in [-0.05, 0) is 43.2 Å². The SMILES string of the molecule is Cc1ccc(/C=C/C(=O)Nc2ccc(C)c(S(N)(=O)=O)c2)cc1. The fourth-order valence-corrected chi connectivity index (χ4v) is 2.83. The molecule has 0 aromatic heterocycles. The molecule has 6 heteroatoms. The normalized spacial score (nSPS) is 11.6. The fraction of sp³-hybridized carbons (Fsp3) is 0.118. The first-order valence-electron chi connectivity index (χ1n) is 6.95. The largest absolute Gasteiger partial charge is 0.322 e. The van der Waals surface area contributed by atoms with Gasteiger partial charge in [-0.25, -0.2) is 13.6 Å². The molecule has 0 bridgehead atoms. The second-order valence-corrected chi connectivity index (χ2v) is 6.79. The Morgan fingerprint density at radius 3 is 2.35 bits per heavy atom. The van der Waals surface area contributed by atoms with Crippen LogP contribution in [0.5, 0.6) is 0 Å². The van der Waals surface area contributed by atoms with Crippen molar-refractivity contribution >= 4 is 27.7 Å². The van der Waals surface area contributed by atoms with Crippen molar-refractivity contribution in [2.24, 2.45) is 5.14 Å². The molecule has 2 aromatic carbocycles. The van der Waals surface area contributed by atoms with E-state index < -0.39 is 10.0 Å². The summed E-state index contributed by atoms with van der Waals surface area (Å²) >= 11 is 0. The second-order valence-electron chi connectivity index (χ2n) is 5.26. The zero-order valence-corrected chi connectivity index (χ0v) is 13.7. The van der Waals surface area contributed by atoms with Gasteiger partial charge in [0, 0.05) is 11.8 Å². The maximum absolute atomic E-state index is 11.9. The van der Waals surface area contributed by atoms with Gasteiger partial charge in [-0.15, -0.1) is 0 Å². The molecule has 0 aliphatic heterocycles. The molecule has 120 valence electrons. The molecule has 0 aliphatic rings. The third-order valence-electron chi connectivity index (χ3n) is 3.27. The molecule has 2 aromatic rings. The van der Waals surface area contributed by atoms with E-state index in [1.807, 2.05) is 31.2 Å². The van der Waals surface area contributed by atoms with Crippen LogP contribution in [0.25, 0.3) is 6.08 Å². The Kier molecular flexibility index (Phi) is 4.98. The van der Waals surface area contributed by atoms with Gasteiger partial charge in [0.1, 0.15) is 0 Å². The summed E-state index contributed by atoms with van der Waals surface area (Å²) in [6.07, 6.45) is 3.07. The van der Waals surface area contributed by atoms with Crippen LogP contribution in [0.2, 0.25) is 0 Å². The Bertz CT molecular complexity index is 854. The molecule has 0 radical (unpaired) electrons. The lowest BCUT2D eigenvalue weighted by atomic mass is 10.1. The Morgan fingerprint density at radius 2 is 1.74 bits per heavy atom. The van der Waals surface area contributed by atoms with E-state index in [0.29, 0.717) is 11.3 Å². The van der Waals surface area contributed by atoms with Gasteiger partial charge in [0.25, 0.3) is 0 Å². The molecule has 0 saturated heterocycles. The third-order valence-corrected chi connectivity index (χ3v) is 4.32. The number of rotatable bonds is 4. The molecular weight excluding hydrogens is 312 g/mol. The van der Waals surface area contributed by atoms with Crippen molar-refractivity contribution in [3.8, 4) is 0 Å². The number of hydrogen-bond donors (Lipinski definition) is 2. The molecule has 2 rings (SSSR count). The van der Waals surface area contributed by atoms with Crippen LogP contribution >= 0.6 is 0 Å². The maximum Gasteiger partial charge on any atom is 0.248 e. The molecule has 0 heterocycles. The summed E-state index contributed by atoms with van der Waals surface area (Å²) < 4.78 is 23.0. The van der Waals surface area contributed by atoms with Crippen LogP contribution in [0.15, 0.2) is 53.4 Å². The highest BCUT2D eigenvalue weighted by molar-refractivity contribution is 7.89. The molecule has 0 fully saturated rings. The predicted molar refractivity (Wildman–Crippen MR) is 91.4 cm³/mol. The number of nitrogens with one attached hydrogen (secondary N) is 1. The van der Waals surface area contributed by atoms with E-state index in [0.717, 1.165) is 11.1 Å². The molecule has 23 heavy (non-hydrogen) atoms. The highest BCUT2D eigenvalue weighted by Gasteiger charge is 2.12. The lowest BCUT2D eigenvalue weighted by Crippen LogP contribution is -2.15. The lowest BCUT2D eigenvalue weighted by molar-refractivity contribution is -0.111. The van der Waals surface area contributed by atoms with Crippen LogP contribution in [-0.4, -0.2) is 14.3 Å². The van der Waals surface area contributed by atoms with Gasteiger partial charge in [0.15, 0.2) is 0 Å². The topological polar surface area (TPSA) is 89.3 Å². The van der Waals surface area contributed by atoms with Crippen molar-refractivity contribution < 1.29 is 13.2 Å². The highest BCUT2D eigenvalue weighted by atomic mass is 32.2. The summed E-state index contributed by atoms with van der Waals surface area (Å²) in [5.74, 6) is -0.352. The first-order chi connectivity index (χ1) is 10.8. The molecule has 0 aliphatic carbocycles. The van der Waals surface area contributed by atoms with Crippen LogP contribution < -0.4 is 10.5 Å². The van der Waals surface area contributed by atoms with E-state index in [9.17, 15) is 13.2 Å². The second kappa shape index (κ2) is 6.76. The third kappa shape index (κ3) is 4.77. The Balaban J connectivity index is 2.13. The average Bonchev–Trinajstić information content (AvgIpc) is 2.47. The number of anilines is 1. The molecule has 1 amide bonds. The van der Waals surface area contributed by atoms with Crippen molar-refractivity contribution in [1.29, 1.82) is 0 Å². The van der Waals surface area contributed by atoms with Crippen LogP contribution in [0.4, 0.5) is 5.69 Å². The molecule has 0 atom stereocenters. The van der Waals surface area contributed by atoms with E-state index in [-0.39, 0.29) is 10.8 Å². The zero-order valence-electron chi connectivity index (χ0n) is 12.9. The fourth-order valence-electron chi connectivity index (χ4n) is 2.02. The monoisotopic (exact) mass is 330 g/mol. The number of hydrogen-bond acceptors (Lipinski definition) is 3. The molecular formula is C17H18N2O3S. The quantitative estimate of drug-likeness (QED) is 0.844. The molecule has 0 unspecified atom stereocenters. The summed E-state index contributed by atoms with van der Waals surface area (Å²) in [4.78, 5) is 11.9. The van der Waals surface area contributed by atoms with Gasteiger partial charge in [0.2, 0.25) is 15.9 Å². The number of nitrogens with two attached hydrogens (primary N) is 1. The van der Waals surface area contributed by atoms with Crippen molar-refractivity contribution in [1.82, 2.24) is 0 Å². The van der Waals surface area contributed by atoms with E-state index >= 15 is 0 Å². The predicted octanol–water partition coefficient (Wildman–Crippen LogP) is 2.60. The minimum Gasteiger partial charge on any atom is -0.322 e. The summed E-state index contributed by atoms with van der Waals surface area (Å²) in [6.45, 7) is 3.63. The summed E-state index contributed by atoms with van der Waals surface area (Å²) in [7, 11) is -3.82. The smallest absolute Gasteiger partial charge is 0.248 e. The van der Waals surface area contributed by atoms with Crippen molar-refractivity contribution in [3.05, 3.63) is 65.2 Å². The average molecular weight is 330 g/mol. The lowest BCUT2D eigenvalue weighted by Gasteiger charge is -2.07. The van der Waals surface area contributed by atoms with Gasteiger partial charge in [-0.2, -0.15) is 0 Å². The van der Waals surface area contributed by atoms with Gasteiger partial charge in [-0.3, -0.25) is 4.79 Å². The van der Waals surface area contributed by atoms with Crippen LogP contribution in [0.3, 0.4) is 0 Å². The standard InChI is InChI=1S/C17H18N2O3S/c1-12-3-6-14(7-4-12)8-10-17(20)19-15-9-5-13(2)16(11-15)23(18,21)22/h3-11H,1-2H3,(H,19,20)(H2,18,21,22)/b10-8+. The zero-order chi connectivity index (χ0) is 17.0. The maximum atomic E-state index is 11.9. The molecule has 0 saturated carbocycles. The van der Waals surface area contributed by atoms with Gasteiger partial charge in [0.05, 0.1) is 4.90 Å². The van der Waals surface area contributed by atoms with Gasteiger partial charge >= 0.3 is 0 Å². The molecule has 3 N–H and O–H groups in total. The van der Waals surface area contributed by atoms with Crippen LogP contribution in [0.1, 0.15) is 16.7 Å². The molecule has 0 spiro atoms. The van der Waals surface area contributed by atoms with Crippen molar-refractivity contribution in [3.63, 3.8) is 0 Å². The van der Waals surface area contributed by atoms with Crippen LogP contribution in [0, 0.1) is 13.8 Å². The summed E-state index contributed by atoms with van der Waals surface area (Å²) in [5.41, 5.74) is 2.94.